The number of amides is 1. The third-order valence-electron chi connectivity index (χ3n) is 6.97. The quantitative estimate of drug-likeness (QED) is 0.869. The fraction of sp³-hybridized carbons (Fsp3) is 0.944. The van der Waals surface area contributed by atoms with Gasteiger partial charge in [0.15, 0.2) is 0 Å². The van der Waals surface area contributed by atoms with Gasteiger partial charge in [-0.3, -0.25) is 4.79 Å². The van der Waals surface area contributed by atoms with Crippen LogP contribution < -0.4 is 5.73 Å². The summed E-state index contributed by atoms with van der Waals surface area (Å²) in [5.41, 5.74) is 5.74. The van der Waals surface area contributed by atoms with Gasteiger partial charge in [0.05, 0.1) is 5.41 Å². The van der Waals surface area contributed by atoms with E-state index in [2.05, 4.69) is 4.90 Å². The first-order chi connectivity index (χ1) is 10.2. The van der Waals surface area contributed by atoms with Gasteiger partial charge in [-0.05, 0) is 88.0 Å². The SMILES string of the molecule is NCCC1CCN(C(=O)C23CC4CC(CC(C4)C2)C3)CC1. The lowest BCUT2D eigenvalue weighted by molar-refractivity contribution is -0.159. The maximum Gasteiger partial charge on any atom is 0.228 e. The minimum atomic E-state index is 0.0649. The number of carbonyl (C=O) groups is 1. The zero-order valence-corrected chi connectivity index (χ0v) is 13.2. The largest absolute Gasteiger partial charge is 0.342 e. The lowest BCUT2D eigenvalue weighted by atomic mass is 9.49. The summed E-state index contributed by atoms with van der Waals surface area (Å²) in [6, 6.07) is 0. The van der Waals surface area contributed by atoms with Gasteiger partial charge in [0, 0.05) is 13.1 Å². The third-order valence-corrected chi connectivity index (χ3v) is 6.97. The molecule has 3 nitrogen and oxygen atoms in total. The number of carbonyl (C=O) groups excluding carboxylic acids is 1. The summed E-state index contributed by atoms with van der Waals surface area (Å²) in [4.78, 5) is 15.4. The molecule has 5 rings (SSSR count). The molecule has 0 aromatic carbocycles. The molecule has 0 aromatic heterocycles. The number of nitrogens with two attached hydrogens (primary N) is 1. The fourth-order valence-electron chi connectivity index (χ4n) is 6.37. The average molecular weight is 290 g/mol. The fourth-order valence-corrected chi connectivity index (χ4v) is 6.37. The molecule has 118 valence electrons. The topological polar surface area (TPSA) is 46.3 Å². The Labute approximate surface area is 128 Å². The van der Waals surface area contributed by atoms with Crippen molar-refractivity contribution in [2.24, 2.45) is 34.8 Å². The van der Waals surface area contributed by atoms with Crippen molar-refractivity contribution in [2.75, 3.05) is 19.6 Å². The molecule has 1 amide bonds. The maximum absolute atomic E-state index is 13.2. The molecule has 4 bridgehead atoms. The smallest absolute Gasteiger partial charge is 0.228 e. The van der Waals surface area contributed by atoms with Crippen LogP contribution >= 0.6 is 0 Å². The van der Waals surface area contributed by atoms with Crippen LogP contribution in [0.3, 0.4) is 0 Å². The first kappa shape index (κ1) is 14.0. The van der Waals surface area contributed by atoms with Crippen LogP contribution in [0, 0.1) is 29.1 Å². The van der Waals surface area contributed by atoms with Gasteiger partial charge in [-0.1, -0.05) is 0 Å². The van der Waals surface area contributed by atoms with Crippen LogP contribution in [0.4, 0.5) is 0 Å². The first-order valence-electron chi connectivity index (χ1n) is 9.18. The van der Waals surface area contributed by atoms with Crippen molar-refractivity contribution in [3.05, 3.63) is 0 Å². The van der Waals surface area contributed by atoms with E-state index in [1.807, 2.05) is 0 Å². The van der Waals surface area contributed by atoms with Gasteiger partial charge in [-0.15, -0.1) is 0 Å². The van der Waals surface area contributed by atoms with Gasteiger partial charge >= 0.3 is 0 Å². The molecule has 1 aliphatic heterocycles. The second kappa shape index (κ2) is 5.26. The summed E-state index contributed by atoms with van der Waals surface area (Å²) in [7, 11) is 0. The van der Waals surface area contributed by atoms with Gasteiger partial charge in [0.25, 0.3) is 0 Å². The normalized spacial score (nSPS) is 42.5. The summed E-state index contributed by atoms with van der Waals surface area (Å²) in [6.07, 6.45) is 11.4. The summed E-state index contributed by atoms with van der Waals surface area (Å²) in [5, 5.41) is 0. The van der Waals surface area contributed by atoms with Crippen molar-refractivity contribution >= 4 is 5.91 Å². The van der Waals surface area contributed by atoms with Crippen molar-refractivity contribution in [2.45, 2.75) is 57.8 Å². The Kier molecular flexibility index (Phi) is 3.52. The van der Waals surface area contributed by atoms with E-state index in [1.54, 1.807) is 0 Å². The Morgan fingerprint density at radius 2 is 1.52 bits per heavy atom. The number of piperidine rings is 1. The van der Waals surface area contributed by atoms with E-state index in [4.69, 9.17) is 5.73 Å². The number of nitrogens with zero attached hydrogens (tertiary/aromatic N) is 1. The molecule has 4 saturated carbocycles. The van der Waals surface area contributed by atoms with E-state index in [1.165, 1.54) is 51.4 Å². The molecule has 2 N–H and O–H groups in total. The minimum absolute atomic E-state index is 0.0649. The van der Waals surface area contributed by atoms with Crippen molar-refractivity contribution < 1.29 is 4.79 Å². The minimum Gasteiger partial charge on any atom is -0.342 e. The molecule has 4 aliphatic carbocycles. The number of hydrogen-bond donors (Lipinski definition) is 1. The summed E-state index contributed by atoms with van der Waals surface area (Å²) in [5.74, 6) is 3.91. The molecular weight excluding hydrogens is 260 g/mol. The van der Waals surface area contributed by atoms with Crippen LogP contribution in [0.5, 0.6) is 0 Å². The lowest BCUT2D eigenvalue weighted by Crippen LogP contribution is -2.55. The molecule has 3 heteroatoms. The van der Waals surface area contributed by atoms with Crippen molar-refractivity contribution in [1.29, 1.82) is 0 Å². The number of hydrogen-bond acceptors (Lipinski definition) is 2. The van der Waals surface area contributed by atoms with E-state index in [9.17, 15) is 4.79 Å². The molecule has 0 spiro atoms. The zero-order chi connectivity index (χ0) is 14.4. The maximum atomic E-state index is 13.2. The van der Waals surface area contributed by atoms with Gasteiger partial charge in [-0.25, -0.2) is 0 Å². The Morgan fingerprint density at radius 1 is 1.00 bits per heavy atom. The van der Waals surface area contributed by atoms with Crippen LogP contribution in [0.1, 0.15) is 57.8 Å². The predicted molar refractivity (Wildman–Crippen MR) is 83.6 cm³/mol. The summed E-state index contributed by atoms with van der Waals surface area (Å²) in [6.45, 7) is 2.78. The van der Waals surface area contributed by atoms with Gasteiger partial charge in [-0.2, -0.15) is 0 Å². The standard InChI is InChI=1S/C18H30N2O/c19-4-1-13-2-5-20(6-3-13)17(21)18-10-14-7-15(11-18)9-16(8-14)12-18/h13-16H,1-12,19H2. The van der Waals surface area contributed by atoms with E-state index in [0.717, 1.165) is 49.7 Å². The van der Waals surface area contributed by atoms with E-state index >= 15 is 0 Å². The van der Waals surface area contributed by atoms with Gasteiger partial charge in [0.1, 0.15) is 0 Å². The Hall–Kier alpha value is -0.570. The molecule has 0 unspecified atom stereocenters. The average Bonchev–Trinajstić information content (AvgIpc) is 2.46. The second-order valence-electron chi connectivity index (χ2n) is 8.51. The number of likely N-dealkylation sites (tertiary alicyclic amines) is 1. The lowest BCUT2D eigenvalue weighted by Gasteiger charge is -2.57. The summed E-state index contributed by atoms with van der Waals surface area (Å²) < 4.78 is 0. The third kappa shape index (κ3) is 2.42. The predicted octanol–water partition coefficient (Wildman–Crippen LogP) is 2.79. The van der Waals surface area contributed by atoms with Crippen molar-refractivity contribution in [3.63, 3.8) is 0 Å². The molecule has 21 heavy (non-hydrogen) atoms. The Bertz CT molecular complexity index is 376. The molecule has 0 atom stereocenters. The zero-order valence-electron chi connectivity index (χ0n) is 13.2. The van der Waals surface area contributed by atoms with Crippen molar-refractivity contribution in [1.82, 2.24) is 4.90 Å². The van der Waals surface area contributed by atoms with E-state index in [-0.39, 0.29) is 5.41 Å². The second-order valence-corrected chi connectivity index (χ2v) is 8.51. The summed E-state index contributed by atoms with van der Waals surface area (Å²) >= 11 is 0. The van der Waals surface area contributed by atoms with Crippen LogP contribution in [0.25, 0.3) is 0 Å². The molecular formula is C18H30N2O. The Balaban J connectivity index is 1.43. The molecule has 5 fully saturated rings. The molecule has 0 aromatic rings. The van der Waals surface area contributed by atoms with Crippen molar-refractivity contribution in [3.8, 4) is 0 Å². The Morgan fingerprint density at radius 3 is 2.00 bits per heavy atom. The molecule has 0 radical (unpaired) electrons. The van der Waals surface area contributed by atoms with Crippen LogP contribution in [0.15, 0.2) is 0 Å². The highest BCUT2D eigenvalue weighted by molar-refractivity contribution is 5.83. The van der Waals surface area contributed by atoms with Crippen LogP contribution in [-0.4, -0.2) is 30.4 Å². The van der Waals surface area contributed by atoms with Gasteiger partial charge in [0.2, 0.25) is 5.91 Å². The van der Waals surface area contributed by atoms with Crippen LogP contribution in [0.2, 0.25) is 0 Å². The highest BCUT2D eigenvalue weighted by atomic mass is 16.2. The highest BCUT2D eigenvalue weighted by Crippen LogP contribution is 2.60. The van der Waals surface area contributed by atoms with E-state index < -0.39 is 0 Å². The van der Waals surface area contributed by atoms with Crippen LogP contribution in [-0.2, 0) is 4.79 Å². The monoisotopic (exact) mass is 290 g/mol. The molecule has 5 aliphatic rings. The molecule has 1 heterocycles. The highest BCUT2D eigenvalue weighted by Gasteiger charge is 2.55. The number of rotatable bonds is 3. The molecule has 1 saturated heterocycles. The van der Waals surface area contributed by atoms with Gasteiger partial charge < -0.3 is 10.6 Å². The first-order valence-corrected chi connectivity index (χ1v) is 9.18. The van der Waals surface area contributed by atoms with E-state index in [0.29, 0.717) is 5.91 Å².